The summed E-state index contributed by atoms with van der Waals surface area (Å²) in [7, 11) is 0. The summed E-state index contributed by atoms with van der Waals surface area (Å²) in [4.78, 5) is 36.0. The average molecular weight is 401 g/mol. The van der Waals surface area contributed by atoms with E-state index in [4.69, 9.17) is 4.52 Å². The van der Waals surface area contributed by atoms with Gasteiger partial charge < -0.3 is 14.3 Å². The molecule has 1 atom stereocenters. The van der Waals surface area contributed by atoms with Gasteiger partial charge in [-0.1, -0.05) is 5.16 Å². The van der Waals surface area contributed by atoms with Gasteiger partial charge in [0.25, 0.3) is 5.89 Å². The van der Waals surface area contributed by atoms with Gasteiger partial charge in [0.05, 0.1) is 6.54 Å². The van der Waals surface area contributed by atoms with Crippen molar-refractivity contribution in [3.63, 3.8) is 0 Å². The molecule has 1 unspecified atom stereocenters. The summed E-state index contributed by atoms with van der Waals surface area (Å²) in [6.45, 7) is 3.10. The van der Waals surface area contributed by atoms with Gasteiger partial charge in [0.15, 0.2) is 0 Å². The van der Waals surface area contributed by atoms with E-state index in [0.29, 0.717) is 44.5 Å². The standard InChI is InChI=1S/C20H24FN5O3/c1-14(27)25-10-5-15(6-11-25)18(28)26-9-3-7-20(21,13-26)19-23-17(24-29-19)16-4-2-8-22-12-16/h2,4,8,12,15H,3,5-7,9-11,13H2,1H3. The van der Waals surface area contributed by atoms with Gasteiger partial charge in [0, 0.05) is 50.4 Å². The Morgan fingerprint density at radius 3 is 2.72 bits per heavy atom. The molecule has 2 aromatic rings. The number of amides is 2. The first-order valence-corrected chi connectivity index (χ1v) is 9.94. The van der Waals surface area contributed by atoms with Gasteiger partial charge in [0.1, 0.15) is 0 Å². The van der Waals surface area contributed by atoms with Crippen LogP contribution in [0.25, 0.3) is 11.4 Å². The zero-order valence-corrected chi connectivity index (χ0v) is 16.4. The second-order valence-corrected chi connectivity index (χ2v) is 7.77. The number of nitrogens with zero attached hydrogens (tertiary/aromatic N) is 5. The van der Waals surface area contributed by atoms with E-state index in [1.54, 1.807) is 34.3 Å². The van der Waals surface area contributed by atoms with Crippen LogP contribution in [0.4, 0.5) is 4.39 Å². The first-order valence-electron chi connectivity index (χ1n) is 9.94. The topological polar surface area (TPSA) is 92.4 Å². The van der Waals surface area contributed by atoms with Gasteiger partial charge in [-0.05, 0) is 37.8 Å². The molecule has 0 aromatic carbocycles. The van der Waals surface area contributed by atoms with E-state index in [-0.39, 0.29) is 42.4 Å². The maximum Gasteiger partial charge on any atom is 0.266 e. The van der Waals surface area contributed by atoms with E-state index >= 15 is 4.39 Å². The van der Waals surface area contributed by atoms with Crippen molar-refractivity contribution in [1.29, 1.82) is 0 Å². The minimum Gasteiger partial charge on any atom is -0.343 e. The molecule has 2 aromatic heterocycles. The molecule has 2 saturated heterocycles. The third-order valence-corrected chi connectivity index (χ3v) is 5.77. The van der Waals surface area contributed by atoms with Crippen molar-refractivity contribution in [3.8, 4) is 11.4 Å². The molecule has 2 aliphatic heterocycles. The molecular weight excluding hydrogens is 377 g/mol. The first-order chi connectivity index (χ1) is 14.0. The number of carbonyl (C=O) groups is 2. The fourth-order valence-corrected chi connectivity index (χ4v) is 4.09. The summed E-state index contributed by atoms with van der Waals surface area (Å²) in [5.41, 5.74) is -1.21. The van der Waals surface area contributed by atoms with E-state index in [1.165, 1.54) is 6.92 Å². The molecule has 0 radical (unpaired) electrons. The first kappa shape index (κ1) is 19.5. The molecular formula is C20H24FN5O3. The lowest BCUT2D eigenvalue weighted by Crippen LogP contribution is -2.50. The number of hydrogen-bond donors (Lipinski definition) is 0. The average Bonchev–Trinajstić information content (AvgIpc) is 3.25. The molecule has 0 aliphatic carbocycles. The molecule has 2 fully saturated rings. The monoisotopic (exact) mass is 401 g/mol. The van der Waals surface area contributed by atoms with Crippen LogP contribution in [0.2, 0.25) is 0 Å². The number of piperidine rings is 2. The zero-order chi connectivity index (χ0) is 20.4. The summed E-state index contributed by atoms with van der Waals surface area (Å²) in [5, 5.41) is 3.88. The number of halogens is 1. The highest BCUT2D eigenvalue weighted by atomic mass is 19.1. The Morgan fingerprint density at radius 1 is 1.24 bits per heavy atom. The van der Waals surface area contributed by atoms with Crippen LogP contribution in [0.1, 0.15) is 38.5 Å². The Hall–Kier alpha value is -2.84. The largest absolute Gasteiger partial charge is 0.343 e. The van der Waals surface area contributed by atoms with Gasteiger partial charge in [0.2, 0.25) is 23.3 Å². The Morgan fingerprint density at radius 2 is 2.03 bits per heavy atom. The molecule has 0 bridgehead atoms. The van der Waals surface area contributed by atoms with E-state index in [1.807, 2.05) is 0 Å². The van der Waals surface area contributed by atoms with Gasteiger partial charge in [-0.3, -0.25) is 14.6 Å². The molecule has 29 heavy (non-hydrogen) atoms. The molecule has 4 rings (SSSR count). The van der Waals surface area contributed by atoms with Crippen molar-refractivity contribution in [3.05, 3.63) is 30.4 Å². The van der Waals surface area contributed by atoms with E-state index in [9.17, 15) is 9.59 Å². The van der Waals surface area contributed by atoms with Gasteiger partial charge in [-0.25, -0.2) is 4.39 Å². The molecule has 9 heteroatoms. The van der Waals surface area contributed by atoms with Crippen molar-refractivity contribution >= 4 is 11.8 Å². The summed E-state index contributed by atoms with van der Waals surface area (Å²) in [6, 6.07) is 3.52. The van der Waals surface area contributed by atoms with Gasteiger partial charge in [-0.2, -0.15) is 4.98 Å². The minimum absolute atomic E-state index is 0.0254. The van der Waals surface area contributed by atoms with Crippen LogP contribution in [0.3, 0.4) is 0 Å². The van der Waals surface area contributed by atoms with Crippen LogP contribution in [0.15, 0.2) is 29.0 Å². The molecule has 4 heterocycles. The van der Waals surface area contributed by atoms with Crippen molar-refractivity contribution in [1.82, 2.24) is 24.9 Å². The number of rotatable bonds is 3. The number of alkyl halides is 1. The molecule has 0 N–H and O–H groups in total. The number of carbonyl (C=O) groups excluding carboxylic acids is 2. The van der Waals surface area contributed by atoms with E-state index < -0.39 is 5.67 Å². The predicted molar refractivity (Wildman–Crippen MR) is 101 cm³/mol. The lowest BCUT2D eigenvalue weighted by molar-refractivity contribution is -0.144. The lowest BCUT2D eigenvalue weighted by atomic mass is 9.90. The number of hydrogen-bond acceptors (Lipinski definition) is 6. The highest BCUT2D eigenvalue weighted by Gasteiger charge is 2.45. The normalized spacial score (nSPS) is 23.2. The highest BCUT2D eigenvalue weighted by molar-refractivity contribution is 5.80. The predicted octanol–water partition coefficient (Wildman–Crippen LogP) is 2.18. The second-order valence-electron chi connectivity index (χ2n) is 7.77. The Kier molecular flexibility index (Phi) is 5.29. The third-order valence-electron chi connectivity index (χ3n) is 5.77. The Labute approximate surface area is 168 Å². The molecule has 0 saturated carbocycles. The van der Waals surface area contributed by atoms with Crippen molar-refractivity contribution in [2.75, 3.05) is 26.2 Å². The highest BCUT2D eigenvalue weighted by Crippen LogP contribution is 2.36. The van der Waals surface area contributed by atoms with Crippen molar-refractivity contribution < 1.29 is 18.5 Å². The third kappa shape index (κ3) is 3.99. The SMILES string of the molecule is CC(=O)N1CCC(C(=O)N2CCCC(F)(c3nc(-c4cccnc4)no3)C2)CC1. The Bertz CT molecular complexity index is 881. The van der Waals surface area contributed by atoms with Gasteiger partial charge >= 0.3 is 0 Å². The van der Waals surface area contributed by atoms with Gasteiger partial charge in [-0.15, -0.1) is 0 Å². The molecule has 154 valence electrons. The molecule has 2 aliphatic rings. The molecule has 2 amide bonds. The van der Waals surface area contributed by atoms with Crippen LogP contribution in [-0.2, 0) is 15.3 Å². The summed E-state index contributed by atoms with van der Waals surface area (Å²) in [5.74, 6) is -0.0218. The van der Waals surface area contributed by atoms with E-state index in [0.717, 1.165) is 0 Å². The number of aromatic nitrogens is 3. The minimum atomic E-state index is -1.86. The molecule has 0 spiro atoms. The zero-order valence-electron chi connectivity index (χ0n) is 16.4. The van der Waals surface area contributed by atoms with Crippen molar-refractivity contribution in [2.45, 2.75) is 38.3 Å². The van der Waals surface area contributed by atoms with Crippen LogP contribution in [-0.4, -0.2) is 62.9 Å². The van der Waals surface area contributed by atoms with Crippen LogP contribution in [0, 0.1) is 5.92 Å². The van der Waals surface area contributed by atoms with Crippen LogP contribution < -0.4 is 0 Å². The van der Waals surface area contributed by atoms with Crippen LogP contribution in [0.5, 0.6) is 0 Å². The summed E-state index contributed by atoms with van der Waals surface area (Å²) < 4.78 is 21.0. The summed E-state index contributed by atoms with van der Waals surface area (Å²) in [6.07, 6.45) is 5.20. The smallest absolute Gasteiger partial charge is 0.266 e. The fraction of sp³-hybridized carbons (Fsp3) is 0.550. The quantitative estimate of drug-likeness (QED) is 0.783. The fourth-order valence-electron chi connectivity index (χ4n) is 4.09. The van der Waals surface area contributed by atoms with Crippen molar-refractivity contribution in [2.24, 2.45) is 5.92 Å². The lowest BCUT2D eigenvalue weighted by Gasteiger charge is -2.38. The Balaban J connectivity index is 1.44. The van der Waals surface area contributed by atoms with E-state index in [2.05, 4.69) is 15.1 Å². The molecule has 8 nitrogen and oxygen atoms in total. The van der Waals surface area contributed by atoms with Crippen LogP contribution >= 0.6 is 0 Å². The maximum absolute atomic E-state index is 15.7. The second kappa shape index (κ2) is 7.88. The number of pyridine rings is 1. The summed E-state index contributed by atoms with van der Waals surface area (Å²) >= 11 is 0. The maximum atomic E-state index is 15.7. The number of likely N-dealkylation sites (tertiary alicyclic amines) is 2.